The molecular weight excluding hydrogens is 754 g/mol. The van der Waals surface area contributed by atoms with E-state index in [0.717, 1.165) is 12.1 Å². The van der Waals surface area contributed by atoms with Gasteiger partial charge < -0.3 is 29.1 Å². The molecule has 17 heteroatoms. The fraction of sp³-hybridized carbons (Fsp3) is 0.474. The first-order valence-electron chi connectivity index (χ1n) is 17.3. The molecule has 2 aromatic carbocycles. The summed E-state index contributed by atoms with van der Waals surface area (Å²) in [4.78, 5) is 55.7. The Labute approximate surface area is 320 Å². The number of ether oxygens (including phenoxy) is 2. The maximum atomic E-state index is 14.4. The molecule has 2 heterocycles. The maximum Gasteiger partial charge on any atom is 0.417 e. The Hall–Kier alpha value is -4.67. The van der Waals surface area contributed by atoms with Crippen LogP contribution >= 0.6 is 11.8 Å². The molecule has 2 aliphatic rings. The highest BCUT2D eigenvalue weighted by Gasteiger charge is 2.38. The highest BCUT2D eigenvalue weighted by atomic mass is 32.2. The van der Waals surface area contributed by atoms with E-state index in [9.17, 15) is 45.5 Å². The average molecular weight is 799 g/mol. The summed E-state index contributed by atoms with van der Waals surface area (Å²) in [6.45, 7) is 18.5. The summed E-state index contributed by atoms with van der Waals surface area (Å²) >= 11 is 0.233. The molecule has 10 nitrogen and oxygen atoms in total. The van der Waals surface area contributed by atoms with Crippen LogP contribution in [0.2, 0.25) is 0 Å². The van der Waals surface area contributed by atoms with Crippen molar-refractivity contribution in [2.75, 3.05) is 52.4 Å². The van der Waals surface area contributed by atoms with Crippen LogP contribution in [0.15, 0.2) is 59.3 Å². The van der Waals surface area contributed by atoms with Crippen LogP contribution < -0.4 is 0 Å². The van der Waals surface area contributed by atoms with Crippen molar-refractivity contribution in [2.45, 2.75) is 74.9 Å². The lowest BCUT2D eigenvalue weighted by atomic mass is 10.0. The summed E-state index contributed by atoms with van der Waals surface area (Å²) in [5.41, 5.74) is -4.88. The van der Waals surface area contributed by atoms with E-state index in [2.05, 4.69) is 13.2 Å². The monoisotopic (exact) mass is 798 g/mol. The number of carbonyl (C=O) groups excluding carboxylic acids is 4. The third-order valence-electron chi connectivity index (χ3n) is 8.44. The van der Waals surface area contributed by atoms with Crippen LogP contribution in [-0.2, 0) is 31.4 Å². The Morgan fingerprint density at radius 3 is 1.11 bits per heavy atom. The second-order valence-electron chi connectivity index (χ2n) is 15.0. The third-order valence-corrected chi connectivity index (χ3v) is 9.59. The van der Waals surface area contributed by atoms with Crippen LogP contribution in [0.5, 0.6) is 0 Å². The van der Waals surface area contributed by atoms with Crippen LogP contribution in [0, 0.1) is 0 Å². The number of alkyl halides is 6. The number of amides is 4. The van der Waals surface area contributed by atoms with Gasteiger partial charge >= 0.3 is 24.5 Å². The first kappa shape index (κ1) is 43.1. The molecular formula is C38H44F6N4O6S. The molecule has 0 aromatic heterocycles. The van der Waals surface area contributed by atoms with Gasteiger partial charge in [-0.3, -0.25) is 9.59 Å². The number of hydrogen-bond donors (Lipinski definition) is 0. The molecule has 4 rings (SSSR count). The van der Waals surface area contributed by atoms with Crippen LogP contribution in [0.4, 0.5) is 35.9 Å². The van der Waals surface area contributed by atoms with Gasteiger partial charge in [0.2, 0.25) is 0 Å². The van der Waals surface area contributed by atoms with Crippen LogP contribution in [0.25, 0.3) is 11.1 Å². The third kappa shape index (κ3) is 11.2. The predicted molar refractivity (Wildman–Crippen MR) is 194 cm³/mol. The minimum atomic E-state index is -5.02. The average Bonchev–Trinajstić information content (AvgIpc) is 3.08. The maximum absolute atomic E-state index is 14.4. The summed E-state index contributed by atoms with van der Waals surface area (Å²) in [7, 11) is 0. The van der Waals surface area contributed by atoms with Gasteiger partial charge in [-0.1, -0.05) is 37.1 Å². The molecule has 0 unspecified atom stereocenters. The van der Waals surface area contributed by atoms with Gasteiger partial charge in [-0.05, 0) is 76.9 Å². The SMILES string of the molecule is C=C(C(=O)N1CCN(C(=O)OC(C)(C)C)CC1)c1ccc(Sc2ccc(C(=C)C(=O)N3CCN(C(=O)OC(C)(C)C)CC3)cc2C(F)(F)F)c(C(F)(F)F)c1. The molecule has 300 valence electrons. The van der Waals surface area contributed by atoms with Crippen LogP contribution in [0.3, 0.4) is 0 Å². The van der Waals surface area contributed by atoms with Crippen LogP contribution in [-0.4, -0.2) is 107 Å². The van der Waals surface area contributed by atoms with Gasteiger partial charge in [0.15, 0.2) is 0 Å². The first-order valence-corrected chi connectivity index (χ1v) is 18.1. The molecule has 0 N–H and O–H groups in total. The fourth-order valence-electron chi connectivity index (χ4n) is 5.64. The molecule has 2 aromatic rings. The largest absolute Gasteiger partial charge is 0.444 e. The van der Waals surface area contributed by atoms with E-state index in [1.54, 1.807) is 41.5 Å². The molecule has 2 aliphatic heterocycles. The molecule has 4 amide bonds. The molecule has 0 aliphatic carbocycles. The molecule has 55 heavy (non-hydrogen) atoms. The summed E-state index contributed by atoms with van der Waals surface area (Å²) in [6, 6.07) is 5.66. The highest BCUT2D eigenvalue weighted by molar-refractivity contribution is 7.99. The lowest BCUT2D eigenvalue weighted by Crippen LogP contribution is -2.51. The number of hydrogen-bond acceptors (Lipinski definition) is 7. The number of carbonyl (C=O) groups is 4. The van der Waals surface area contributed by atoms with Gasteiger partial charge in [0, 0.05) is 73.3 Å². The van der Waals surface area contributed by atoms with Crippen molar-refractivity contribution < 1.29 is 55.0 Å². The smallest absolute Gasteiger partial charge is 0.417 e. The Kier molecular flexibility index (Phi) is 12.7. The van der Waals surface area contributed by atoms with Crippen molar-refractivity contribution in [3.63, 3.8) is 0 Å². The number of rotatable bonds is 6. The lowest BCUT2D eigenvalue weighted by Gasteiger charge is -2.36. The van der Waals surface area contributed by atoms with Crippen molar-refractivity contribution in [1.82, 2.24) is 19.6 Å². The van der Waals surface area contributed by atoms with E-state index in [1.807, 2.05) is 0 Å². The van der Waals surface area contributed by atoms with E-state index < -0.39 is 68.5 Å². The molecule has 0 atom stereocenters. The normalized spacial score (nSPS) is 15.8. The zero-order valence-corrected chi connectivity index (χ0v) is 32.3. The van der Waals surface area contributed by atoms with Crippen molar-refractivity contribution in [3.05, 3.63) is 71.8 Å². The molecule has 0 saturated carbocycles. The van der Waals surface area contributed by atoms with E-state index >= 15 is 0 Å². The predicted octanol–water partition coefficient (Wildman–Crippen LogP) is 8.06. The summed E-state index contributed by atoms with van der Waals surface area (Å²) < 4.78 is 97.1. The van der Waals surface area contributed by atoms with Crippen molar-refractivity contribution in [3.8, 4) is 0 Å². The van der Waals surface area contributed by atoms with E-state index in [4.69, 9.17) is 9.47 Å². The van der Waals surface area contributed by atoms with Crippen molar-refractivity contribution in [1.29, 1.82) is 0 Å². The van der Waals surface area contributed by atoms with Gasteiger partial charge in [0.05, 0.1) is 11.1 Å². The minimum absolute atomic E-state index is 0.0795. The Balaban J connectivity index is 1.50. The zero-order valence-electron chi connectivity index (χ0n) is 31.4. The van der Waals surface area contributed by atoms with Gasteiger partial charge in [0.25, 0.3) is 11.8 Å². The minimum Gasteiger partial charge on any atom is -0.444 e. The number of benzene rings is 2. The number of halogens is 6. The van der Waals surface area contributed by atoms with Gasteiger partial charge in [-0.15, -0.1) is 0 Å². The molecule has 2 saturated heterocycles. The summed E-state index contributed by atoms with van der Waals surface area (Å²) in [5, 5.41) is 0. The van der Waals surface area contributed by atoms with Gasteiger partial charge in [-0.2, -0.15) is 26.3 Å². The second kappa shape index (κ2) is 16.2. The Morgan fingerprint density at radius 2 is 0.836 bits per heavy atom. The number of piperazine rings is 2. The number of nitrogens with zero attached hydrogens (tertiary/aromatic N) is 4. The topological polar surface area (TPSA) is 99.7 Å². The van der Waals surface area contributed by atoms with Crippen molar-refractivity contribution >= 4 is 46.9 Å². The molecule has 2 fully saturated rings. The molecule has 0 spiro atoms. The zero-order chi connectivity index (χ0) is 41.3. The molecule has 0 bridgehead atoms. The Bertz CT molecular complexity index is 1700. The fourth-order valence-corrected chi connectivity index (χ4v) is 6.72. The van der Waals surface area contributed by atoms with E-state index in [-0.39, 0.29) is 86.4 Å². The lowest BCUT2D eigenvalue weighted by molar-refractivity contribution is -0.140. The first-order chi connectivity index (χ1) is 25.2. The highest BCUT2D eigenvalue weighted by Crippen LogP contribution is 2.45. The standard InChI is InChI=1S/C38H44F6N4O6S/c1-23(31(49)45-13-17-47(18-14-45)33(51)53-35(3,4)5)25-9-11-29(27(21-25)37(39,40)41)55-30-12-10-26(22-28(30)38(42,43)44)24(2)32(50)46-15-19-48(20-16-46)34(52)54-36(6,7)8/h9-12,21-22H,1-2,13-20H2,3-8H3. The van der Waals surface area contributed by atoms with Crippen molar-refractivity contribution in [2.24, 2.45) is 0 Å². The summed E-state index contributed by atoms with van der Waals surface area (Å²) in [6.07, 6.45) is -11.2. The van der Waals surface area contributed by atoms with Gasteiger partial charge in [-0.25, -0.2) is 9.59 Å². The van der Waals surface area contributed by atoms with Crippen LogP contribution in [0.1, 0.15) is 63.8 Å². The van der Waals surface area contributed by atoms with E-state index in [1.165, 1.54) is 31.7 Å². The second-order valence-corrected chi connectivity index (χ2v) is 16.1. The van der Waals surface area contributed by atoms with Gasteiger partial charge in [0.1, 0.15) is 11.2 Å². The van der Waals surface area contributed by atoms with E-state index in [0.29, 0.717) is 12.1 Å². The quantitative estimate of drug-likeness (QED) is 0.216. The molecule has 0 radical (unpaired) electrons. The summed E-state index contributed by atoms with van der Waals surface area (Å²) in [5.74, 6) is -1.32. The Morgan fingerprint density at radius 1 is 0.545 bits per heavy atom.